The second kappa shape index (κ2) is 6.14. The van der Waals surface area contributed by atoms with Gasteiger partial charge in [-0.1, -0.05) is 18.0 Å². The number of nitrogens with one attached hydrogen (secondary N) is 1. The van der Waals surface area contributed by atoms with Crippen LogP contribution in [0.2, 0.25) is 5.02 Å². The Bertz CT molecular complexity index is 538. The van der Waals surface area contributed by atoms with Crippen LogP contribution in [0.5, 0.6) is 0 Å². The summed E-state index contributed by atoms with van der Waals surface area (Å²) in [6, 6.07) is 3.01. The zero-order valence-electron chi connectivity index (χ0n) is 11.0. The van der Waals surface area contributed by atoms with Crippen molar-refractivity contribution in [1.29, 1.82) is 0 Å². The average Bonchev–Trinajstić information content (AvgIpc) is 2.83. The van der Waals surface area contributed by atoms with E-state index >= 15 is 0 Å². The third kappa shape index (κ3) is 3.15. The second-order valence-electron chi connectivity index (χ2n) is 5.04. The quantitative estimate of drug-likeness (QED) is 0.868. The largest absolute Gasteiger partial charge is 0.481 e. The number of carboxylic acid groups (broad SMARTS) is 1. The van der Waals surface area contributed by atoms with Crippen LogP contribution in [0, 0.1) is 12.8 Å². The van der Waals surface area contributed by atoms with Crippen LogP contribution in [0.1, 0.15) is 35.2 Å². The van der Waals surface area contributed by atoms with Crippen LogP contribution in [0.15, 0.2) is 16.6 Å². The maximum atomic E-state index is 12.2. The molecule has 0 aliphatic heterocycles. The van der Waals surface area contributed by atoms with Crippen LogP contribution < -0.4 is 5.32 Å². The molecule has 0 spiro atoms. The molecule has 2 rings (SSSR count). The average molecular weight is 361 g/mol. The molecule has 0 aromatic heterocycles. The molecule has 1 aliphatic rings. The van der Waals surface area contributed by atoms with E-state index < -0.39 is 11.9 Å². The van der Waals surface area contributed by atoms with Gasteiger partial charge in [0.05, 0.1) is 10.9 Å². The van der Waals surface area contributed by atoms with Gasteiger partial charge < -0.3 is 10.4 Å². The molecule has 1 saturated carbocycles. The highest BCUT2D eigenvalue weighted by atomic mass is 79.9. The first-order valence-corrected chi connectivity index (χ1v) is 7.56. The van der Waals surface area contributed by atoms with E-state index in [4.69, 9.17) is 16.7 Å². The van der Waals surface area contributed by atoms with E-state index in [0.717, 1.165) is 16.5 Å². The van der Waals surface area contributed by atoms with Crippen LogP contribution in [0.3, 0.4) is 0 Å². The SMILES string of the molecule is Cc1cc(C(=O)N[C@@H]2CCC[C@@H]2C(=O)O)cc(Cl)c1Br. The first-order valence-electron chi connectivity index (χ1n) is 6.39. The number of amides is 1. The molecule has 1 amide bonds. The number of rotatable bonds is 3. The summed E-state index contributed by atoms with van der Waals surface area (Å²) < 4.78 is 0.764. The third-order valence-corrected chi connectivity index (χ3v) is 5.20. The summed E-state index contributed by atoms with van der Waals surface area (Å²) in [7, 11) is 0. The summed E-state index contributed by atoms with van der Waals surface area (Å²) in [5, 5.41) is 12.4. The molecule has 6 heteroatoms. The monoisotopic (exact) mass is 359 g/mol. The molecule has 0 bridgehead atoms. The van der Waals surface area contributed by atoms with Gasteiger partial charge >= 0.3 is 5.97 Å². The lowest BCUT2D eigenvalue weighted by molar-refractivity contribution is -0.142. The predicted octanol–water partition coefficient (Wildman–Crippen LogP) is 3.39. The number of aliphatic carboxylic acids is 1. The Morgan fingerprint density at radius 2 is 2.10 bits per heavy atom. The number of aryl methyl sites for hydroxylation is 1. The first kappa shape index (κ1) is 15.3. The van der Waals surface area contributed by atoms with Crippen LogP contribution >= 0.6 is 27.5 Å². The molecule has 1 aromatic carbocycles. The summed E-state index contributed by atoms with van der Waals surface area (Å²) in [4.78, 5) is 23.3. The van der Waals surface area contributed by atoms with E-state index in [9.17, 15) is 9.59 Å². The number of halogens is 2. The molecule has 2 N–H and O–H groups in total. The van der Waals surface area contributed by atoms with Gasteiger partial charge in [-0.3, -0.25) is 9.59 Å². The Morgan fingerprint density at radius 1 is 1.40 bits per heavy atom. The fourth-order valence-corrected chi connectivity index (χ4v) is 3.03. The molecule has 0 unspecified atom stereocenters. The molecule has 20 heavy (non-hydrogen) atoms. The zero-order chi connectivity index (χ0) is 14.9. The molecule has 108 valence electrons. The van der Waals surface area contributed by atoms with Crippen molar-refractivity contribution in [2.45, 2.75) is 32.2 Å². The van der Waals surface area contributed by atoms with Gasteiger partial charge in [0.1, 0.15) is 0 Å². The normalized spacial score (nSPS) is 21.8. The van der Waals surface area contributed by atoms with E-state index in [1.54, 1.807) is 12.1 Å². The Kier molecular flexibility index (Phi) is 4.70. The highest BCUT2D eigenvalue weighted by Crippen LogP contribution is 2.29. The van der Waals surface area contributed by atoms with E-state index in [-0.39, 0.29) is 11.9 Å². The Labute approximate surface area is 130 Å². The smallest absolute Gasteiger partial charge is 0.308 e. The fraction of sp³-hybridized carbons (Fsp3) is 0.429. The zero-order valence-corrected chi connectivity index (χ0v) is 13.3. The number of carbonyl (C=O) groups is 2. The number of hydrogen-bond donors (Lipinski definition) is 2. The third-order valence-electron chi connectivity index (χ3n) is 3.62. The van der Waals surface area contributed by atoms with Crippen LogP contribution in [-0.2, 0) is 4.79 Å². The topological polar surface area (TPSA) is 66.4 Å². The van der Waals surface area contributed by atoms with Gasteiger partial charge in [-0.05, 0) is 53.4 Å². The Morgan fingerprint density at radius 3 is 2.70 bits per heavy atom. The van der Waals surface area contributed by atoms with Crippen molar-refractivity contribution in [3.63, 3.8) is 0 Å². The van der Waals surface area contributed by atoms with Gasteiger partial charge in [-0.25, -0.2) is 0 Å². The summed E-state index contributed by atoms with van der Waals surface area (Å²) in [6.45, 7) is 1.85. The fourth-order valence-electron chi connectivity index (χ4n) is 2.54. The standard InChI is InChI=1S/C14H15BrClNO3/c1-7-5-8(6-10(16)12(7)15)13(18)17-11-4-2-3-9(11)14(19)20/h5-6,9,11H,2-4H2,1H3,(H,17,18)(H,19,20)/t9-,11+/m0/s1. The van der Waals surface area contributed by atoms with Crippen molar-refractivity contribution in [1.82, 2.24) is 5.32 Å². The van der Waals surface area contributed by atoms with Gasteiger partial charge in [0.25, 0.3) is 5.91 Å². The lowest BCUT2D eigenvalue weighted by Crippen LogP contribution is -2.40. The lowest BCUT2D eigenvalue weighted by atomic mass is 10.0. The summed E-state index contributed by atoms with van der Waals surface area (Å²) in [5.41, 5.74) is 1.32. The van der Waals surface area contributed by atoms with Crippen molar-refractivity contribution < 1.29 is 14.7 Å². The Hall–Kier alpha value is -1.07. The molecular formula is C14H15BrClNO3. The maximum Gasteiger partial charge on any atom is 0.308 e. The molecule has 2 atom stereocenters. The van der Waals surface area contributed by atoms with Crippen molar-refractivity contribution in [2.24, 2.45) is 5.92 Å². The summed E-state index contributed by atoms with van der Waals surface area (Å²) in [6.07, 6.45) is 2.13. The molecule has 4 nitrogen and oxygen atoms in total. The van der Waals surface area contributed by atoms with Crippen LogP contribution in [0.4, 0.5) is 0 Å². The molecule has 0 heterocycles. The van der Waals surface area contributed by atoms with Crippen LogP contribution in [0.25, 0.3) is 0 Å². The van der Waals surface area contributed by atoms with Gasteiger partial charge in [0.15, 0.2) is 0 Å². The van der Waals surface area contributed by atoms with Gasteiger partial charge in [0.2, 0.25) is 0 Å². The van der Waals surface area contributed by atoms with Gasteiger partial charge in [-0.15, -0.1) is 0 Å². The number of benzene rings is 1. The molecule has 0 saturated heterocycles. The lowest BCUT2D eigenvalue weighted by Gasteiger charge is -2.18. The summed E-state index contributed by atoms with van der Waals surface area (Å²) >= 11 is 9.38. The van der Waals surface area contributed by atoms with E-state index in [0.29, 0.717) is 23.4 Å². The van der Waals surface area contributed by atoms with Crippen molar-refractivity contribution in [3.8, 4) is 0 Å². The highest BCUT2D eigenvalue weighted by molar-refractivity contribution is 9.10. The second-order valence-corrected chi connectivity index (χ2v) is 6.24. The number of carbonyl (C=O) groups excluding carboxylic acids is 1. The van der Waals surface area contributed by atoms with E-state index in [1.807, 2.05) is 6.92 Å². The predicted molar refractivity (Wildman–Crippen MR) is 80.1 cm³/mol. The molecule has 1 aromatic rings. The maximum absolute atomic E-state index is 12.2. The molecule has 0 radical (unpaired) electrons. The Balaban J connectivity index is 2.14. The van der Waals surface area contributed by atoms with Crippen LogP contribution in [-0.4, -0.2) is 23.0 Å². The van der Waals surface area contributed by atoms with Crippen molar-refractivity contribution in [3.05, 3.63) is 32.8 Å². The molecule has 1 fully saturated rings. The summed E-state index contributed by atoms with van der Waals surface area (Å²) in [5.74, 6) is -1.62. The van der Waals surface area contributed by atoms with Crippen molar-refractivity contribution in [2.75, 3.05) is 0 Å². The number of hydrogen-bond acceptors (Lipinski definition) is 2. The molecular weight excluding hydrogens is 346 g/mol. The first-order chi connectivity index (χ1) is 9.40. The van der Waals surface area contributed by atoms with E-state index in [1.165, 1.54) is 0 Å². The minimum atomic E-state index is -0.849. The van der Waals surface area contributed by atoms with E-state index in [2.05, 4.69) is 21.2 Å². The highest BCUT2D eigenvalue weighted by Gasteiger charge is 2.34. The minimum Gasteiger partial charge on any atom is -0.481 e. The van der Waals surface area contributed by atoms with Crippen molar-refractivity contribution >= 4 is 39.4 Å². The molecule has 1 aliphatic carbocycles. The number of carboxylic acids is 1. The van der Waals surface area contributed by atoms with Gasteiger partial charge in [0, 0.05) is 16.1 Å². The van der Waals surface area contributed by atoms with Gasteiger partial charge in [-0.2, -0.15) is 0 Å². The minimum absolute atomic E-state index is 0.277.